The first-order valence-electron chi connectivity index (χ1n) is 10.4. The molecule has 30 heavy (non-hydrogen) atoms. The van der Waals surface area contributed by atoms with Crippen molar-refractivity contribution in [3.05, 3.63) is 107 Å². The number of benzene rings is 3. The maximum atomic E-state index is 13.2. The van der Waals surface area contributed by atoms with Crippen molar-refractivity contribution in [2.45, 2.75) is 13.5 Å². The molecule has 0 aromatic heterocycles. The van der Waals surface area contributed by atoms with Crippen LogP contribution in [0.2, 0.25) is 0 Å². The van der Waals surface area contributed by atoms with Gasteiger partial charge in [0, 0.05) is 43.9 Å². The minimum atomic E-state index is -0.113. The van der Waals surface area contributed by atoms with E-state index in [0.717, 1.165) is 19.6 Å². The van der Waals surface area contributed by atoms with Crippen LogP contribution in [0.5, 0.6) is 0 Å². The van der Waals surface area contributed by atoms with Gasteiger partial charge in [-0.25, -0.2) is 0 Å². The third-order valence-electron chi connectivity index (χ3n) is 5.59. The highest BCUT2D eigenvalue weighted by molar-refractivity contribution is 6.15. The summed E-state index contributed by atoms with van der Waals surface area (Å²) in [4.78, 5) is 30.4. The normalized spacial score (nSPS) is 14.5. The lowest BCUT2D eigenvalue weighted by Crippen LogP contribution is -2.48. The Balaban J connectivity index is 1.44. The molecule has 0 spiro atoms. The fraction of sp³-hybridized carbons (Fsp3) is 0.231. The van der Waals surface area contributed by atoms with Crippen molar-refractivity contribution in [3.63, 3.8) is 0 Å². The molecule has 1 aliphatic heterocycles. The summed E-state index contributed by atoms with van der Waals surface area (Å²) in [5.74, 6) is -0.178. The highest BCUT2D eigenvalue weighted by Gasteiger charge is 2.25. The maximum Gasteiger partial charge on any atom is 0.254 e. The summed E-state index contributed by atoms with van der Waals surface area (Å²) >= 11 is 0. The zero-order valence-electron chi connectivity index (χ0n) is 17.3. The number of nitrogens with zero attached hydrogens (tertiary/aromatic N) is 2. The summed E-state index contributed by atoms with van der Waals surface area (Å²) in [6.07, 6.45) is 0. The number of carbonyl (C=O) groups is 2. The van der Waals surface area contributed by atoms with Gasteiger partial charge in [-0.1, -0.05) is 78.4 Å². The third-order valence-corrected chi connectivity index (χ3v) is 5.59. The molecule has 3 aromatic rings. The number of hydrogen-bond acceptors (Lipinski definition) is 3. The van der Waals surface area contributed by atoms with Crippen LogP contribution in [0.3, 0.4) is 0 Å². The van der Waals surface area contributed by atoms with Crippen LogP contribution in [0.1, 0.15) is 37.4 Å². The van der Waals surface area contributed by atoms with E-state index in [1.54, 1.807) is 24.3 Å². The average Bonchev–Trinajstić information content (AvgIpc) is 2.79. The fourth-order valence-electron chi connectivity index (χ4n) is 3.96. The molecule has 1 heterocycles. The van der Waals surface area contributed by atoms with Crippen molar-refractivity contribution in [2.75, 3.05) is 26.2 Å². The van der Waals surface area contributed by atoms with E-state index >= 15 is 0 Å². The first kappa shape index (κ1) is 20.0. The molecule has 3 aromatic carbocycles. The summed E-state index contributed by atoms with van der Waals surface area (Å²) in [7, 11) is 0. The molecule has 4 nitrogen and oxygen atoms in total. The van der Waals surface area contributed by atoms with Gasteiger partial charge in [0.1, 0.15) is 0 Å². The lowest BCUT2D eigenvalue weighted by Gasteiger charge is -2.35. The van der Waals surface area contributed by atoms with Gasteiger partial charge in [-0.15, -0.1) is 0 Å². The average molecular weight is 399 g/mol. The zero-order chi connectivity index (χ0) is 20.9. The van der Waals surface area contributed by atoms with E-state index in [0.29, 0.717) is 29.8 Å². The second kappa shape index (κ2) is 9.06. The van der Waals surface area contributed by atoms with Crippen molar-refractivity contribution >= 4 is 11.7 Å². The van der Waals surface area contributed by atoms with Crippen LogP contribution >= 0.6 is 0 Å². The van der Waals surface area contributed by atoms with Gasteiger partial charge in [0.05, 0.1) is 5.56 Å². The van der Waals surface area contributed by atoms with Crippen LogP contribution < -0.4 is 0 Å². The second-order valence-corrected chi connectivity index (χ2v) is 7.80. The Kier molecular flexibility index (Phi) is 6.05. The van der Waals surface area contributed by atoms with Crippen LogP contribution in [0, 0.1) is 6.92 Å². The number of carbonyl (C=O) groups excluding carboxylic acids is 2. The van der Waals surface area contributed by atoms with Crippen LogP contribution in [0.4, 0.5) is 0 Å². The number of ketones is 1. The molecule has 1 aliphatic rings. The topological polar surface area (TPSA) is 40.6 Å². The molecule has 1 fully saturated rings. The second-order valence-electron chi connectivity index (χ2n) is 7.80. The number of piperazine rings is 1. The standard InChI is InChI=1S/C26H26N2O2/c1-20-8-7-9-21(18-20)19-27-14-16-28(17-15-27)26(30)24-13-6-5-12-23(24)25(29)22-10-3-2-4-11-22/h2-13,18H,14-17,19H2,1H3. The third kappa shape index (κ3) is 4.50. The minimum Gasteiger partial charge on any atom is -0.336 e. The number of amides is 1. The Labute approximate surface area is 177 Å². The number of aryl methyl sites for hydroxylation is 1. The van der Waals surface area contributed by atoms with E-state index in [-0.39, 0.29) is 11.7 Å². The van der Waals surface area contributed by atoms with E-state index in [1.807, 2.05) is 35.2 Å². The summed E-state index contributed by atoms with van der Waals surface area (Å²) < 4.78 is 0. The molecule has 152 valence electrons. The summed E-state index contributed by atoms with van der Waals surface area (Å²) in [6, 6.07) is 24.8. The van der Waals surface area contributed by atoms with Crippen molar-refractivity contribution in [3.8, 4) is 0 Å². The molecule has 0 aliphatic carbocycles. The quantitative estimate of drug-likeness (QED) is 0.605. The van der Waals surface area contributed by atoms with Gasteiger partial charge < -0.3 is 4.90 Å². The Morgan fingerprint density at radius 2 is 1.43 bits per heavy atom. The Morgan fingerprint density at radius 3 is 2.13 bits per heavy atom. The Hall–Kier alpha value is -3.24. The number of rotatable bonds is 5. The van der Waals surface area contributed by atoms with E-state index in [1.165, 1.54) is 11.1 Å². The summed E-state index contributed by atoms with van der Waals surface area (Å²) in [5.41, 5.74) is 4.12. The van der Waals surface area contributed by atoms with Gasteiger partial charge in [-0.05, 0) is 18.6 Å². The van der Waals surface area contributed by atoms with E-state index in [2.05, 4.69) is 36.1 Å². The number of hydrogen-bond donors (Lipinski definition) is 0. The SMILES string of the molecule is Cc1cccc(CN2CCN(C(=O)c3ccccc3C(=O)c3ccccc3)CC2)c1. The first-order chi connectivity index (χ1) is 14.6. The predicted molar refractivity (Wildman–Crippen MR) is 119 cm³/mol. The summed E-state index contributed by atoms with van der Waals surface area (Å²) in [5, 5.41) is 0. The molecule has 0 unspecified atom stereocenters. The largest absolute Gasteiger partial charge is 0.336 e. The van der Waals surface area contributed by atoms with Crippen molar-refractivity contribution in [1.29, 1.82) is 0 Å². The summed E-state index contributed by atoms with van der Waals surface area (Å²) in [6.45, 7) is 5.99. The predicted octanol–water partition coefficient (Wildman–Crippen LogP) is 4.18. The van der Waals surface area contributed by atoms with Gasteiger partial charge in [0.2, 0.25) is 0 Å². The zero-order valence-corrected chi connectivity index (χ0v) is 17.3. The van der Waals surface area contributed by atoms with Crippen LogP contribution in [-0.2, 0) is 6.54 Å². The molecule has 4 heteroatoms. The Bertz CT molecular complexity index is 1040. The molecule has 0 bridgehead atoms. The van der Waals surface area contributed by atoms with E-state index in [9.17, 15) is 9.59 Å². The molecule has 0 N–H and O–H groups in total. The van der Waals surface area contributed by atoms with Crippen LogP contribution in [0.15, 0.2) is 78.9 Å². The van der Waals surface area contributed by atoms with Gasteiger partial charge in [0.15, 0.2) is 5.78 Å². The van der Waals surface area contributed by atoms with E-state index < -0.39 is 0 Å². The van der Waals surface area contributed by atoms with Gasteiger partial charge in [0.25, 0.3) is 5.91 Å². The van der Waals surface area contributed by atoms with E-state index in [4.69, 9.17) is 0 Å². The molecule has 1 amide bonds. The van der Waals surface area contributed by atoms with Crippen molar-refractivity contribution < 1.29 is 9.59 Å². The molecule has 4 rings (SSSR count). The molecule has 1 saturated heterocycles. The van der Waals surface area contributed by atoms with Crippen LogP contribution in [-0.4, -0.2) is 47.7 Å². The fourth-order valence-corrected chi connectivity index (χ4v) is 3.96. The van der Waals surface area contributed by atoms with Crippen molar-refractivity contribution in [1.82, 2.24) is 9.80 Å². The van der Waals surface area contributed by atoms with Crippen LogP contribution in [0.25, 0.3) is 0 Å². The molecule has 0 radical (unpaired) electrons. The molecule has 0 atom stereocenters. The minimum absolute atomic E-state index is 0.0647. The lowest BCUT2D eigenvalue weighted by atomic mass is 9.97. The molecular formula is C26H26N2O2. The highest BCUT2D eigenvalue weighted by atomic mass is 16.2. The van der Waals surface area contributed by atoms with Gasteiger partial charge in [-0.2, -0.15) is 0 Å². The smallest absolute Gasteiger partial charge is 0.254 e. The highest BCUT2D eigenvalue weighted by Crippen LogP contribution is 2.18. The lowest BCUT2D eigenvalue weighted by molar-refractivity contribution is 0.0625. The molecular weight excluding hydrogens is 372 g/mol. The van der Waals surface area contributed by atoms with Gasteiger partial charge >= 0.3 is 0 Å². The maximum absolute atomic E-state index is 13.2. The first-order valence-corrected chi connectivity index (χ1v) is 10.4. The Morgan fingerprint density at radius 1 is 0.767 bits per heavy atom. The monoisotopic (exact) mass is 398 g/mol. The van der Waals surface area contributed by atoms with Crippen molar-refractivity contribution in [2.24, 2.45) is 0 Å². The van der Waals surface area contributed by atoms with Gasteiger partial charge in [-0.3, -0.25) is 14.5 Å². The molecule has 0 saturated carbocycles.